The fourth-order valence-electron chi connectivity index (χ4n) is 2.49. The summed E-state index contributed by atoms with van der Waals surface area (Å²) in [5.41, 5.74) is 2.57. The molecule has 0 aliphatic heterocycles. The molecule has 1 unspecified atom stereocenters. The lowest BCUT2D eigenvalue weighted by molar-refractivity contribution is 0.303. The Bertz CT molecular complexity index is 577. The number of hydrogen-bond donors (Lipinski definition) is 1. The second-order valence-electron chi connectivity index (χ2n) is 5.52. The summed E-state index contributed by atoms with van der Waals surface area (Å²) in [6.07, 6.45) is 5.24. The van der Waals surface area contributed by atoms with Crippen LogP contribution in [0.25, 0.3) is 0 Å². The third-order valence-corrected chi connectivity index (χ3v) is 8.82. The summed E-state index contributed by atoms with van der Waals surface area (Å²) < 4.78 is 0. The summed E-state index contributed by atoms with van der Waals surface area (Å²) in [5, 5.41) is 10.4. The van der Waals surface area contributed by atoms with Crippen LogP contribution in [0.1, 0.15) is 11.1 Å². The zero-order valence-corrected chi connectivity index (χ0v) is 14.5. The third-order valence-electron chi connectivity index (χ3n) is 3.94. The fraction of sp³-hybridized carbons (Fsp3) is 0.263. The molecule has 0 heterocycles. The van der Waals surface area contributed by atoms with Crippen LogP contribution in [0, 0.1) is 0 Å². The van der Waals surface area contributed by atoms with Gasteiger partial charge in [0.25, 0.3) is 0 Å². The molecule has 1 nitrogen and oxygen atoms in total. The maximum Gasteiger partial charge on any atom is 0.1000 e. The number of benzene rings is 2. The molecule has 0 fully saturated rings. The topological polar surface area (TPSA) is 20.2 Å². The van der Waals surface area contributed by atoms with E-state index >= 15 is 0 Å². The van der Waals surface area contributed by atoms with Crippen molar-refractivity contribution in [2.24, 2.45) is 0 Å². The molecular weight excluding hydrogens is 307 g/mol. The van der Waals surface area contributed by atoms with Gasteiger partial charge in [-0.25, -0.2) is 0 Å². The third kappa shape index (κ3) is 4.91. The van der Waals surface area contributed by atoms with Gasteiger partial charge in [0.05, 0.1) is 5.85 Å². The number of aliphatic hydroxyl groups excluding tert-OH is 1. The average molecular weight is 330 g/mol. The minimum atomic E-state index is -1.87. The van der Waals surface area contributed by atoms with Crippen molar-refractivity contribution < 1.29 is 5.11 Å². The van der Waals surface area contributed by atoms with Gasteiger partial charge in [0.15, 0.2) is 0 Å². The van der Waals surface area contributed by atoms with E-state index in [0.29, 0.717) is 0 Å². The molecule has 22 heavy (non-hydrogen) atoms. The molecule has 3 heteroatoms. The first-order chi connectivity index (χ1) is 10.6. The molecule has 0 aromatic heterocycles. The lowest BCUT2D eigenvalue weighted by Crippen LogP contribution is -2.13. The Morgan fingerprint density at radius 1 is 0.909 bits per heavy atom. The van der Waals surface area contributed by atoms with E-state index < -0.39 is 11.9 Å². The maximum absolute atomic E-state index is 10.4. The molecule has 0 saturated heterocycles. The molecule has 0 radical (unpaired) electrons. The van der Waals surface area contributed by atoms with Gasteiger partial charge in [-0.15, -0.1) is 6.58 Å². The largest absolute Gasteiger partial charge is 0.384 e. The van der Waals surface area contributed by atoms with Gasteiger partial charge in [-0.05, 0) is 42.3 Å². The molecule has 2 aromatic carbocycles. The van der Waals surface area contributed by atoms with Crippen molar-refractivity contribution in [2.75, 3.05) is 12.3 Å². The first kappa shape index (κ1) is 17.1. The Hall–Kier alpha value is -1.21. The van der Waals surface area contributed by atoms with Gasteiger partial charge in [0, 0.05) is 0 Å². The molecule has 0 aliphatic carbocycles. The quantitative estimate of drug-likeness (QED) is 0.570. The molecule has 0 amide bonds. The number of aryl methyl sites for hydroxylation is 2. The van der Waals surface area contributed by atoms with Crippen molar-refractivity contribution in [3.05, 3.63) is 84.4 Å². The molecule has 1 atom stereocenters. The Balaban J connectivity index is 2.03. The zero-order chi connectivity index (χ0) is 15.8. The predicted octanol–water partition coefficient (Wildman–Crippen LogP) is 4.46. The number of hydrogen-bond acceptors (Lipinski definition) is 2. The molecule has 1 N–H and O–H groups in total. The van der Waals surface area contributed by atoms with Crippen LogP contribution in [-0.4, -0.2) is 23.3 Å². The van der Waals surface area contributed by atoms with Crippen LogP contribution in [0.4, 0.5) is 0 Å². The van der Waals surface area contributed by atoms with E-state index in [0.717, 1.165) is 25.2 Å². The van der Waals surface area contributed by atoms with Crippen molar-refractivity contribution in [3.8, 4) is 0 Å². The predicted molar refractivity (Wildman–Crippen MR) is 101 cm³/mol. The van der Waals surface area contributed by atoms with Crippen molar-refractivity contribution in [3.63, 3.8) is 0 Å². The van der Waals surface area contributed by atoms with Crippen molar-refractivity contribution in [2.45, 2.75) is 18.7 Å². The van der Waals surface area contributed by atoms with Crippen molar-refractivity contribution in [1.82, 2.24) is 0 Å². The highest BCUT2D eigenvalue weighted by Crippen LogP contribution is 2.51. The number of aliphatic hydroxyl groups is 1. The molecular formula is C19H23OPS. The Morgan fingerprint density at radius 3 is 1.68 bits per heavy atom. The first-order valence-electron chi connectivity index (χ1n) is 7.60. The molecule has 0 aliphatic rings. The van der Waals surface area contributed by atoms with E-state index in [1.54, 1.807) is 6.08 Å². The summed E-state index contributed by atoms with van der Waals surface area (Å²) in [6.45, 7) is 3.75. The first-order valence-corrected chi connectivity index (χ1v) is 10.8. The van der Waals surface area contributed by atoms with Crippen LogP contribution < -0.4 is 0 Å². The van der Waals surface area contributed by atoms with Crippen LogP contribution in [0.15, 0.2) is 73.3 Å². The zero-order valence-electron chi connectivity index (χ0n) is 12.8. The van der Waals surface area contributed by atoms with Gasteiger partial charge >= 0.3 is 0 Å². The fourth-order valence-corrected chi connectivity index (χ4v) is 5.71. The summed E-state index contributed by atoms with van der Waals surface area (Å²) in [6, 6.07) is 18.9. The van der Waals surface area contributed by atoms with E-state index in [4.69, 9.17) is 11.8 Å². The van der Waals surface area contributed by atoms with Crippen LogP contribution in [-0.2, 0) is 24.6 Å². The summed E-state index contributed by atoms with van der Waals surface area (Å²) in [7, 11) is 0. The standard InChI is InChI=1S/C19H23OPS/c1-2-19(20)21(22,15-13-17-9-5-3-6-10-17)16-14-18-11-7-4-8-12-18/h2-12,19-20H,1,13-16H2. The lowest BCUT2D eigenvalue weighted by Gasteiger charge is -2.26. The highest BCUT2D eigenvalue weighted by molar-refractivity contribution is 8.14. The van der Waals surface area contributed by atoms with Gasteiger partial charge < -0.3 is 5.11 Å². The SMILES string of the molecule is C=CC(O)P(=S)(CCc1ccccc1)CCc1ccccc1. The van der Waals surface area contributed by atoms with E-state index in [9.17, 15) is 5.11 Å². The van der Waals surface area contributed by atoms with Gasteiger partial charge in [0.1, 0.15) is 0 Å². The Labute approximate surface area is 138 Å². The van der Waals surface area contributed by atoms with E-state index in [2.05, 4.69) is 30.8 Å². The summed E-state index contributed by atoms with van der Waals surface area (Å²) >= 11 is 5.91. The molecule has 2 rings (SSSR count). The molecule has 0 saturated carbocycles. The van der Waals surface area contributed by atoms with E-state index in [-0.39, 0.29) is 0 Å². The van der Waals surface area contributed by atoms with Gasteiger partial charge in [-0.3, -0.25) is 0 Å². The van der Waals surface area contributed by atoms with Crippen LogP contribution in [0.2, 0.25) is 0 Å². The second-order valence-corrected chi connectivity index (χ2v) is 11.0. The maximum atomic E-state index is 10.4. The van der Waals surface area contributed by atoms with Crippen LogP contribution in [0.5, 0.6) is 0 Å². The van der Waals surface area contributed by atoms with Crippen LogP contribution >= 0.6 is 6.04 Å². The minimum absolute atomic E-state index is 0.546. The highest BCUT2D eigenvalue weighted by Gasteiger charge is 2.24. The van der Waals surface area contributed by atoms with E-state index in [1.807, 2.05) is 36.4 Å². The Kier molecular flexibility index (Phi) is 6.57. The molecule has 116 valence electrons. The van der Waals surface area contributed by atoms with Gasteiger partial charge in [0.2, 0.25) is 0 Å². The molecule has 2 aromatic rings. The average Bonchev–Trinajstić information content (AvgIpc) is 2.59. The normalized spacial score (nSPS) is 12.8. The smallest absolute Gasteiger partial charge is 0.1000 e. The molecule has 0 spiro atoms. The van der Waals surface area contributed by atoms with E-state index in [1.165, 1.54) is 11.1 Å². The van der Waals surface area contributed by atoms with Crippen molar-refractivity contribution in [1.29, 1.82) is 0 Å². The highest BCUT2D eigenvalue weighted by atomic mass is 32.4. The Morgan fingerprint density at radius 2 is 1.32 bits per heavy atom. The van der Waals surface area contributed by atoms with Gasteiger partial charge in [-0.1, -0.05) is 78.5 Å². The van der Waals surface area contributed by atoms with Crippen LogP contribution in [0.3, 0.4) is 0 Å². The van der Waals surface area contributed by atoms with Crippen molar-refractivity contribution >= 4 is 17.8 Å². The molecule has 0 bridgehead atoms. The summed E-state index contributed by atoms with van der Waals surface area (Å²) in [5.74, 6) is -0.546. The summed E-state index contributed by atoms with van der Waals surface area (Å²) in [4.78, 5) is 0. The lowest BCUT2D eigenvalue weighted by atomic mass is 10.2. The van der Waals surface area contributed by atoms with Gasteiger partial charge in [-0.2, -0.15) is 0 Å². The minimum Gasteiger partial charge on any atom is -0.384 e. The number of rotatable bonds is 8. The monoisotopic (exact) mass is 330 g/mol. The second kappa shape index (κ2) is 8.43.